The smallest absolute Gasteiger partial charge is 0.267 e. The van der Waals surface area contributed by atoms with Crippen molar-refractivity contribution in [3.05, 3.63) is 62.3 Å². The highest BCUT2D eigenvalue weighted by Crippen LogP contribution is 2.31. The number of aromatic amines is 1. The van der Waals surface area contributed by atoms with Crippen molar-refractivity contribution in [2.45, 2.75) is 77.8 Å². The molecule has 2 aromatic rings. The minimum atomic E-state index is -1.05. The molecule has 0 unspecified atom stereocenters. The molecule has 4 rings (SSSR count). The summed E-state index contributed by atoms with van der Waals surface area (Å²) in [6.07, 6.45) is 5.81. The molecule has 1 aromatic heterocycles. The molecule has 7 nitrogen and oxygen atoms in total. The van der Waals surface area contributed by atoms with Gasteiger partial charge in [0.2, 0.25) is 5.91 Å². The summed E-state index contributed by atoms with van der Waals surface area (Å²) >= 11 is 0. The number of hydrogen-bond donors (Lipinski definition) is 1. The Kier molecular flexibility index (Phi) is 6.60. The number of H-pyrrole nitrogens is 1. The maximum atomic E-state index is 14.8. The molecule has 8 heteroatoms. The topological polar surface area (TPSA) is 86.4 Å². The van der Waals surface area contributed by atoms with Crippen molar-refractivity contribution in [3.8, 4) is 0 Å². The quantitative estimate of drug-likeness (QED) is 0.744. The van der Waals surface area contributed by atoms with Crippen LogP contribution in [0.3, 0.4) is 0 Å². The van der Waals surface area contributed by atoms with Crippen molar-refractivity contribution >= 4 is 11.8 Å². The summed E-state index contributed by atoms with van der Waals surface area (Å²) in [4.78, 5) is 42.1. The van der Waals surface area contributed by atoms with Gasteiger partial charge in [0, 0.05) is 31.1 Å². The molecule has 0 spiro atoms. The number of benzene rings is 1. The van der Waals surface area contributed by atoms with E-state index in [0.717, 1.165) is 31.2 Å². The molecule has 0 radical (unpaired) electrons. The van der Waals surface area contributed by atoms with E-state index in [1.54, 1.807) is 26.8 Å². The highest BCUT2D eigenvalue weighted by molar-refractivity contribution is 6.00. The predicted molar refractivity (Wildman–Crippen MR) is 127 cm³/mol. The molecule has 2 fully saturated rings. The number of piperazine rings is 1. The molecule has 34 heavy (non-hydrogen) atoms. The maximum absolute atomic E-state index is 14.8. The Morgan fingerprint density at radius 1 is 1.12 bits per heavy atom. The summed E-state index contributed by atoms with van der Waals surface area (Å²) in [5, 5.41) is 6.61. The van der Waals surface area contributed by atoms with E-state index in [1.165, 1.54) is 23.5 Å². The van der Waals surface area contributed by atoms with E-state index in [1.807, 2.05) is 11.8 Å². The number of amides is 2. The zero-order valence-electron chi connectivity index (χ0n) is 20.4. The van der Waals surface area contributed by atoms with Crippen molar-refractivity contribution in [2.75, 3.05) is 13.1 Å². The first-order chi connectivity index (χ1) is 16.1. The van der Waals surface area contributed by atoms with Crippen LogP contribution in [-0.4, -0.2) is 56.5 Å². The van der Waals surface area contributed by atoms with Crippen LogP contribution in [0.2, 0.25) is 0 Å². The average molecular weight is 469 g/mol. The van der Waals surface area contributed by atoms with Crippen molar-refractivity contribution in [1.82, 2.24) is 20.0 Å². The Labute approximate surface area is 199 Å². The lowest BCUT2D eigenvalue weighted by Crippen LogP contribution is -2.66. The first kappa shape index (κ1) is 24.1. The Morgan fingerprint density at radius 2 is 1.82 bits per heavy atom. The van der Waals surface area contributed by atoms with Crippen LogP contribution in [0.5, 0.6) is 0 Å². The van der Waals surface area contributed by atoms with E-state index < -0.39 is 17.3 Å². The van der Waals surface area contributed by atoms with Gasteiger partial charge in [-0.3, -0.25) is 14.4 Å². The Bertz CT molecular complexity index is 1170. The number of hydrogen-bond acceptors (Lipinski definition) is 4. The fourth-order valence-corrected chi connectivity index (χ4v) is 5.18. The number of rotatable bonds is 4. The fourth-order valence-electron chi connectivity index (χ4n) is 5.18. The van der Waals surface area contributed by atoms with Gasteiger partial charge < -0.3 is 9.80 Å². The molecule has 1 saturated heterocycles. The van der Waals surface area contributed by atoms with Crippen molar-refractivity contribution < 1.29 is 14.0 Å². The van der Waals surface area contributed by atoms with Crippen molar-refractivity contribution in [1.29, 1.82) is 0 Å². The third-order valence-electron chi connectivity index (χ3n) is 7.55. The fraction of sp³-hybridized carbons (Fsp3) is 0.538. The minimum absolute atomic E-state index is 0.0525. The molecule has 1 aliphatic heterocycles. The molecule has 2 heterocycles. The van der Waals surface area contributed by atoms with Gasteiger partial charge in [0.1, 0.15) is 11.4 Å². The van der Waals surface area contributed by atoms with Crippen LogP contribution in [0.4, 0.5) is 4.39 Å². The molecule has 1 aromatic carbocycles. The lowest BCUT2D eigenvalue weighted by atomic mass is 9.89. The van der Waals surface area contributed by atoms with Crippen LogP contribution in [0.1, 0.15) is 78.7 Å². The van der Waals surface area contributed by atoms with Gasteiger partial charge >= 0.3 is 0 Å². The van der Waals surface area contributed by atoms with Crippen molar-refractivity contribution in [3.63, 3.8) is 0 Å². The first-order valence-electron chi connectivity index (χ1n) is 12.1. The van der Waals surface area contributed by atoms with Gasteiger partial charge in [-0.2, -0.15) is 5.10 Å². The van der Waals surface area contributed by atoms with Crippen LogP contribution in [-0.2, 0) is 11.2 Å². The summed E-state index contributed by atoms with van der Waals surface area (Å²) in [5.41, 5.74) is 1.38. The molecule has 2 amide bonds. The summed E-state index contributed by atoms with van der Waals surface area (Å²) in [6.45, 7) is 7.89. The van der Waals surface area contributed by atoms with Gasteiger partial charge in [0.05, 0.1) is 11.3 Å². The van der Waals surface area contributed by atoms with E-state index in [0.29, 0.717) is 36.3 Å². The standard InChI is InChI=1S/C26H33FN4O3/c1-16-17(2)23(32)29-28-22(16)15-18-10-11-21(27)20(14-18)24(33)31-13-12-30(25(34)26(31,3)4)19-8-6-5-7-9-19/h10-11,14,19H,5-9,12-13,15H2,1-4H3,(H,29,32). The highest BCUT2D eigenvalue weighted by atomic mass is 19.1. The number of aromatic nitrogens is 2. The van der Waals surface area contributed by atoms with Crippen LogP contribution in [0, 0.1) is 19.7 Å². The Morgan fingerprint density at radius 3 is 2.53 bits per heavy atom. The normalized spacial score (nSPS) is 18.9. The molecular formula is C26H33FN4O3. The van der Waals surface area contributed by atoms with Gasteiger partial charge in [-0.25, -0.2) is 9.49 Å². The maximum Gasteiger partial charge on any atom is 0.267 e. The largest absolute Gasteiger partial charge is 0.336 e. The molecule has 1 aliphatic carbocycles. The molecule has 1 saturated carbocycles. The van der Waals surface area contributed by atoms with E-state index in [9.17, 15) is 18.8 Å². The molecule has 0 atom stereocenters. The average Bonchev–Trinajstić information content (AvgIpc) is 2.82. The highest BCUT2D eigenvalue weighted by Gasteiger charge is 2.46. The van der Waals surface area contributed by atoms with E-state index >= 15 is 0 Å². The van der Waals surface area contributed by atoms with Crippen LogP contribution < -0.4 is 5.56 Å². The molecule has 2 aliphatic rings. The second-order valence-electron chi connectivity index (χ2n) is 10.0. The zero-order valence-corrected chi connectivity index (χ0v) is 20.4. The summed E-state index contributed by atoms with van der Waals surface area (Å²) in [6, 6.07) is 4.66. The van der Waals surface area contributed by atoms with E-state index in [4.69, 9.17) is 0 Å². The lowest BCUT2D eigenvalue weighted by molar-refractivity contribution is -0.150. The molecule has 0 bridgehead atoms. The first-order valence-corrected chi connectivity index (χ1v) is 12.1. The molecular weight excluding hydrogens is 435 g/mol. The van der Waals surface area contributed by atoms with E-state index in [2.05, 4.69) is 10.2 Å². The second-order valence-corrected chi connectivity index (χ2v) is 10.0. The third kappa shape index (κ3) is 4.38. The number of nitrogens with one attached hydrogen (secondary N) is 1. The zero-order chi connectivity index (χ0) is 24.6. The van der Waals surface area contributed by atoms with Crippen LogP contribution >= 0.6 is 0 Å². The van der Waals surface area contributed by atoms with Gasteiger partial charge in [0.15, 0.2) is 0 Å². The Balaban J connectivity index is 1.57. The van der Waals surface area contributed by atoms with Gasteiger partial charge in [-0.1, -0.05) is 25.3 Å². The molecule has 1 N–H and O–H groups in total. The van der Waals surface area contributed by atoms with Crippen LogP contribution in [0.25, 0.3) is 0 Å². The predicted octanol–water partition coefficient (Wildman–Crippen LogP) is 3.51. The summed E-state index contributed by atoms with van der Waals surface area (Å²) in [7, 11) is 0. The van der Waals surface area contributed by atoms with E-state index in [-0.39, 0.29) is 23.1 Å². The molecule has 182 valence electrons. The van der Waals surface area contributed by atoms with Gasteiger partial charge in [-0.05, 0) is 63.8 Å². The summed E-state index contributed by atoms with van der Waals surface area (Å²) in [5.74, 6) is -1.17. The lowest BCUT2D eigenvalue weighted by Gasteiger charge is -2.49. The summed E-state index contributed by atoms with van der Waals surface area (Å²) < 4.78 is 14.8. The van der Waals surface area contributed by atoms with Crippen molar-refractivity contribution in [2.24, 2.45) is 0 Å². The SMILES string of the molecule is Cc1c(Cc2ccc(F)c(C(=O)N3CCN(C4CCCCC4)C(=O)C3(C)C)c2)n[nH]c(=O)c1C. The van der Waals surface area contributed by atoms with Crippen LogP contribution in [0.15, 0.2) is 23.0 Å². The number of carbonyl (C=O) groups excluding carboxylic acids is 2. The monoisotopic (exact) mass is 468 g/mol. The third-order valence-corrected chi connectivity index (χ3v) is 7.55. The number of carbonyl (C=O) groups is 2. The number of nitrogens with zero attached hydrogens (tertiary/aromatic N) is 3. The minimum Gasteiger partial charge on any atom is -0.336 e. The van der Waals surface area contributed by atoms with Gasteiger partial charge in [-0.15, -0.1) is 0 Å². The van der Waals surface area contributed by atoms with Gasteiger partial charge in [0.25, 0.3) is 11.5 Å². The second kappa shape index (κ2) is 9.31. The Hall–Kier alpha value is -3.03. The number of halogens is 1.